The molecule has 90 valence electrons. The van der Waals surface area contributed by atoms with E-state index in [2.05, 4.69) is 11.9 Å². The van der Waals surface area contributed by atoms with Crippen molar-refractivity contribution in [3.63, 3.8) is 0 Å². The standard InChI is InChI=1S/C13H22N2O/c1-4-5-6-7-8-11-9(2)12(14)13(16)15-10(11)3/h4-8,14H2,1-3H3,(H,15,16). The van der Waals surface area contributed by atoms with Crippen molar-refractivity contribution in [1.82, 2.24) is 4.98 Å². The minimum atomic E-state index is -0.160. The molecule has 3 heteroatoms. The van der Waals surface area contributed by atoms with Crippen LogP contribution in [0.1, 0.15) is 49.4 Å². The second-order valence-electron chi connectivity index (χ2n) is 4.41. The lowest BCUT2D eigenvalue weighted by atomic mass is 10.00. The molecule has 1 aromatic rings. The number of nitrogens with one attached hydrogen (secondary N) is 1. The number of H-pyrrole nitrogens is 1. The smallest absolute Gasteiger partial charge is 0.271 e. The number of unbranched alkanes of at least 4 members (excludes halogenated alkanes) is 3. The summed E-state index contributed by atoms with van der Waals surface area (Å²) in [4.78, 5) is 14.2. The number of aryl methyl sites for hydroxylation is 1. The molecule has 3 nitrogen and oxygen atoms in total. The predicted molar refractivity (Wildman–Crippen MR) is 68.8 cm³/mol. The summed E-state index contributed by atoms with van der Waals surface area (Å²) in [5, 5.41) is 0. The second-order valence-corrected chi connectivity index (χ2v) is 4.41. The van der Waals surface area contributed by atoms with Crippen LogP contribution in [0.25, 0.3) is 0 Å². The molecule has 0 aliphatic heterocycles. The number of aromatic nitrogens is 1. The molecule has 1 heterocycles. The highest BCUT2D eigenvalue weighted by Crippen LogP contribution is 2.17. The summed E-state index contributed by atoms with van der Waals surface area (Å²) in [5.41, 5.74) is 9.09. The molecule has 0 bridgehead atoms. The zero-order valence-electron chi connectivity index (χ0n) is 10.5. The van der Waals surface area contributed by atoms with Gasteiger partial charge in [-0.3, -0.25) is 4.79 Å². The quantitative estimate of drug-likeness (QED) is 0.752. The molecule has 0 unspecified atom stereocenters. The minimum Gasteiger partial charge on any atom is -0.394 e. The van der Waals surface area contributed by atoms with E-state index in [9.17, 15) is 4.79 Å². The highest BCUT2D eigenvalue weighted by molar-refractivity contribution is 5.49. The zero-order valence-corrected chi connectivity index (χ0v) is 10.5. The van der Waals surface area contributed by atoms with Gasteiger partial charge >= 0.3 is 0 Å². The van der Waals surface area contributed by atoms with Crippen LogP contribution in [0.15, 0.2) is 4.79 Å². The van der Waals surface area contributed by atoms with Gasteiger partial charge in [-0.25, -0.2) is 0 Å². The van der Waals surface area contributed by atoms with E-state index in [0.29, 0.717) is 5.69 Å². The Kier molecular flexibility index (Phi) is 4.59. The normalized spacial score (nSPS) is 10.7. The van der Waals surface area contributed by atoms with Crippen molar-refractivity contribution in [2.24, 2.45) is 0 Å². The summed E-state index contributed by atoms with van der Waals surface area (Å²) >= 11 is 0. The Morgan fingerprint density at radius 2 is 1.88 bits per heavy atom. The van der Waals surface area contributed by atoms with Gasteiger partial charge in [0.1, 0.15) is 5.69 Å². The fourth-order valence-electron chi connectivity index (χ4n) is 2.03. The Balaban J connectivity index is 2.80. The van der Waals surface area contributed by atoms with E-state index in [1.807, 2.05) is 13.8 Å². The molecule has 0 atom stereocenters. The van der Waals surface area contributed by atoms with Gasteiger partial charge in [-0.1, -0.05) is 26.2 Å². The molecule has 1 aromatic heterocycles. The van der Waals surface area contributed by atoms with E-state index in [4.69, 9.17) is 5.73 Å². The molecule has 3 N–H and O–H groups in total. The maximum atomic E-state index is 11.4. The van der Waals surface area contributed by atoms with Crippen molar-refractivity contribution in [3.8, 4) is 0 Å². The number of anilines is 1. The lowest BCUT2D eigenvalue weighted by molar-refractivity contribution is 0.663. The van der Waals surface area contributed by atoms with Crippen LogP contribution >= 0.6 is 0 Å². The first-order valence-corrected chi connectivity index (χ1v) is 6.05. The average Bonchev–Trinajstić information content (AvgIpc) is 2.25. The molecule has 0 fully saturated rings. The molecular weight excluding hydrogens is 200 g/mol. The Labute approximate surface area is 97.1 Å². The molecule has 16 heavy (non-hydrogen) atoms. The highest BCUT2D eigenvalue weighted by atomic mass is 16.1. The van der Waals surface area contributed by atoms with E-state index in [0.717, 1.165) is 17.7 Å². The Bertz CT molecular complexity index is 407. The fourth-order valence-corrected chi connectivity index (χ4v) is 2.03. The molecule has 0 radical (unpaired) electrons. The number of nitrogen functional groups attached to an aromatic ring is 1. The van der Waals surface area contributed by atoms with Crippen LogP contribution in [0.2, 0.25) is 0 Å². The predicted octanol–water partition coefficient (Wildman–Crippen LogP) is 2.70. The first-order valence-electron chi connectivity index (χ1n) is 6.05. The molecule has 0 saturated heterocycles. The van der Waals surface area contributed by atoms with Crippen LogP contribution in [0.4, 0.5) is 5.69 Å². The van der Waals surface area contributed by atoms with Crippen molar-refractivity contribution in [2.45, 2.75) is 52.9 Å². The maximum Gasteiger partial charge on any atom is 0.271 e. The van der Waals surface area contributed by atoms with E-state index >= 15 is 0 Å². The molecule has 0 spiro atoms. The largest absolute Gasteiger partial charge is 0.394 e. The number of pyridine rings is 1. The van der Waals surface area contributed by atoms with Crippen molar-refractivity contribution >= 4 is 5.69 Å². The molecular formula is C13H22N2O. The molecule has 0 aromatic carbocycles. The van der Waals surface area contributed by atoms with Crippen molar-refractivity contribution in [1.29, 1.82) is 0 Å². The highest BCUT2D eigenvalue weighted by Gasteiger charge is 2.08. The van der Waals surface area contributed by atoms with E-state index in [1.165, 1.54) is 31.2 Å². The van der Waals surface area contributed by atoms with Crippen molar-refractivity contribution in [2.75, 3.05) is 5.73 Å². The SMILES string of the molecule is CCCCCCc1c(C)[nH]c(=O)c(N)c1C. The lowest BCUT2D eigenvalue weighted by Gasteiger charge is -2.11. The number of hydrogen-bond acceptors (Lipinski definition) is 2. The van der Waals surface area contributed by atoms with Gasteiger partial charge in [0.15, 0.2) is 0 Å². The summed E-state index contributed by atoms with van der Waals surface area (Å²) in [6.07, 6.45) is 5.94. The number of aromatic amines is 1. The van der Waals surface area contributed by atoms with Crippen LogP contribution in [-0.4, -0.2) is 4.98 Å². The van der Waals surface area contributed by atoms with Crippen LogP contribution in [0, 0.1) is 13.8 Å². The van der Waals surface area contributed by atoms with Gasteiger partial charge in [0.2, 0.25) is 0 Å². The first-order chi connectivity index (χ1) is 7.57. The topological polar surface area (TPSA) is 58.9 Å². The molecule has 1 rings (SSSR count). The van der Waals surface area contributed by atoms with Gasteiger partial charge in [0.05, 0.1) is 0 Å². The van der Waals surface area contributed by atoms with Crippen molar-refractivity contribution < 1.29 is 0 Å². The van der Waals surface area contributed by atoms with E-state index < -0.39 is 0 Å². The third-order valence-corrected chi connectivity index (χ3v) is 3.14. The van der Waals surface area contributed by atoms with E-state index in [-0.39, 0.29) is 5.56 Å². The van der Waals surface area contributed by atoms with Crippen LogP contribution < -0.4 is 11.3 Å². The number of hydrogen-bond donors (Lipinski definition) is 2. The van der Waals surface area contributed by atoms with Crippen LogP contribution in [0.3, 0.4) is 0 Å². The summed E-state index contributed by atoms with van der Waals surface area (Å²) in [6, 6.07) is 0. The Hall–Kier alpha value is -1.25. The first kappa shape index (κ1) is 12.8. The summed E-state index contributed by atoms with van der Waals surface area (Å²) in [5.74, 6) is 0. The van der Waals surface area contributed by atoms with Gasteiger partial charge in [0, 0.05) is 5.69 Å². The summed E-state index contributed by atoms with van der Waals surface area (Å²) in [7, 11) is 0. The summed E-state index contributed by atoms with van der Waals surface area (Å²) < 4.78 is 0. The van der Waals surface area contributed by atoms with Crippen molar-refractivity contribution in [3.05, 3.63) is 27.2 Å². The van der Waals surface area contributed by atoms with Gasteiger partial charge in [-0.15, -0.1) is 0 Å². The molecule has 0 aliphatic rings. The third kappa shape index (κ3) is 2.87. The average molecular weight is 222 g/mol. The second kappa shape index (κ2) is 5.73. The van der Waals surface area contributed by atoms with Crippen LogP contribution in [-0.2, 0) is 6.42 Å². The fraction of sp³-hybridized carbons (Fsp3) is 0.615. The van der Waals surface area contributed by atoms with Gasteiger partial charge in [-0.05, 0) is 37.8 Å². The Morgan fingerprint density at radius 3 is 2.50 bits per heavy atom. The minimum absolute atomic E-state index is 0.160. The van der Waals surface area contributed by atoms with Gasteiger partial charge < -0.3 is 10.7 Å². The third-order valence-electron chi connectivity index (χ3n) is 3.14. The number of nitrogens with two attached hydrogens (primary N) is 1. The maximum absolute atomic E-state index is 11.4. The van der Waals surface area contributed by atoms with Gasteiger partial charge in [0.25, 0.3) is 5.56 Å². The van der Waals surface area contributed by atoms with Crippen LogP contribution in [0.5, 0.6) is 0 Å². The molecule has 0 amide bonds. The zero-order chi connectivity index (χ0) is 12.1. The molecule has 0 saturated carbocycles. The lowest BCUT2D eigenvalue weighted by Crippen LogP contribution is -2.17. The monoisotopic (exact) mass is 222 g/mol. The molecule has 0 aliphatic carbocycles. The number of rotatable bonds is 5. The summed E-state index contributed by atoms with van der Waals surface area (Å²) in [6.45, 7) is 6.09. The Morgan fingerprint density at radius 1 is 1.19 bits per heavy atom. The van der Waals surface area contributed by atoms with E-state index in [1.54, 1.807) is 0 Å². The van der Waals surface area contributed by atoms with Gasteiger partial charge in [-0.2, -0.15) is 0 Å².